The number of rotatable bonds is 10. The second-order valence-corrected chi connectivity index (χ2v) is 4.97. The predicted molar refractivity (Wildman–Crippen MR) is 66.5 cm³/mol. The van der Waals surface area contributed by atoms with Gasteiger partial charge in [-0.1, -0.05) is 29.8 Å². The van der Waals surface area contributed by atoms with Crippen molar-refractivity contribution in [3.05, 3.63) is 0 Å². The fraction of sp³-hybridized carbons (Fsp3) is 1.00. The molecule has 0 aliphatic heterocycles. The average Bonchev–Trinajstić information content (AvgIpc) is 2.16. The minimum absolute atomic E-state index is 0.168. The van der Waals surface area contributed by atoms with Gasteiger partial charge in [-0.25, -0.2) is 8.78 Å². The molecule has 0 aromatic carbocycles. The maximum atomic E-state index is 12.2. The Morgan fingerprint density at radius 3 is 2.38 bits per heavy atom. The van der Waals surface area contributed by atoms with Crippen molar-refractivity contribution in [2.75, 3.05) is 38.2 Å². The molecule has 0 aromatic heterocycles. The Kier molecular flexibility index (Phi) is 10.6. The third-order valence-corrected chi connectivity index (χ3v) is 2.54. The molecule has 0 heterocycles. The van der Waals surface area contributed by atoms with E-state index in [1.807, 2.05) is 0 Å². The Balaban J connectivity index is 3.51. The first-order chi connectivity index (χ1) is 7.56. The van der Waals surface area contributed by atoms with Crippen molar-refractivity contribution in [3.63, 3.8) is 0 Å². The summed E-state index contributed by atoms with van der Waals surface area (Å²) in [7, 11) is 0. The lowest BCUT2D eigenvalue weighted by molar-refractivity contribution is 0.0596. The summed E-state index contributed by atoms with van der Waals surface area (Å²) in [6, 6.07) is 0. The molecule has 0 bridgehead atoms. The highest BCUT2D eigenvalue weighted by atomic mass is 79.9. The van der Waals surface area contributed by atoms with Crippen molar-refractivity contribution in [1.82, 2.24) is 4.90 Å². The summed E-state index contributed by atoms with van der Waals surface area (Å²) in [6.07, 6.45) is -1.25. The van der Waals surface area contributed by atoms with E-state index in [2.05, 4.69) is 29.8 Å². The molecule has 0 amide bonds. The van der Waals surface area contributed by atoms with Gasteiger partial charge in [-0.2, -0.15) is 0 Å². The van der Waals surface area contributed by atoms with Crippen LogP contribution in [-0.4, -0.2) is 49.5 Å². The van der Waals surface area contributed by atoms with Gasteiger partial charge >= 0.3 is 0 Å². The summed E-state index contributed by atoms with van der Waals surface area (Å²) in [5.74, 6) is 0.625. The second kappa shape index (κ2) is 10.4. The van der Waals surface area contributed by atoms with Crippen LogP contribution in [0.15, 0.2) is 0 Å². The number of ether oxygens (including phenoxy) is 1. The summed E-state index contributed by atoms with van der Waals surface area (Å²) >= 11 is 3.25. The number of alkyl halides is 3. The van der Waals surface area contributed by atoms with Gasteiger partial charge < -0.3 is 4.74 Å². The SMILES string of the molecule is CC(C)CCOCCN(CCBr)CC(F)F. The summed E-state index contributed by atoms with van der Waals surface area (Å²) in [5, 5.41) is 0.714. The Labute approximate surface area is 105 Å². The molecular weight excluding hydrogens is 280 g/mol. The molecule has 0 saturated heterocycles. The summed E-state index contributed by atoms with van der Waals surface area (Å²) in [5.41, 5.74) is 0. The van der Waals surface area contributed by atoms with Crippen LogP contribution in [0.3, 0.4) is 0 Å². The first kappa shape index (κ1) is 16.3. The molecular formula is C11H22BrF2NO. The summed E-state index contributed by atoms with van der Waals surface area (Å²) in [6.45, 7) is 6.57. The van der Waals surface area contributed by atoms with E-state index in [-0.39, 0.29) is 6.54 Å². The third kappa shape index (κ3) is 10.8. The monoisotopic (exact) mass is 301 g/mol. The zero-order chi connectivity index (χ0) is 12.4. The molecule has 0 aromatic rings. The van der Waals surface area contributed by atoms with Gasteiger partial charge in [0.05, 0.1) is 13.2 Å². The van der Waals surface area contributed by atoms with Crippen LogP contribution in [-0.2, 0) is 4.74 Å². The number of nitrogens with zero attached hydrogens (tertiary/aromatic N) is 1. The van der Waals surface area contributed by atoms with Gasteiger partial charge in [0.1, 0.15) is 0 Å². The smallest absolute Gasteiger partial charge is 0.251 e. The third-order valence-electron chi connectivity index (χ3n) is 2.19. The van der Waals surface area contributed by atoms with E-state index >= 15 is 0 Å². The predicted octanol–water partition coefficient (Wildman–Crippen LogP) is 3.01. The fourth-order valence-corrected chi connectivity index (χ4v) is 1.73. The molecule has 0 atom stereocenters. The van der Waals surface area contributed by atoms with Gasteiger partial charge in [0.2, 0.25) is 0 Å². The van der Waals surface area contributed by atoms with E-state index in [1.165, 1.54) is 0 Å². The molecule has 0 N–H and O–H groups in total. The minimum Gasteiger partial charge on any atom is -0.380 e. The van der Waals surface area contributed by atoms with Gasteiger partial charge in [-0.15, -0.1) is 0 Å². The van der Waals surface area contributed by atoms with Gasteiger partial charge in [-0.05, 0) is 12.3 Å². The van der Waals surface area contributed by atoms with Crippen LogP contribution in [0.4, 0.5) is 8.78 Å². The Morgan fingerprint density at radius 1 is 1.19 bits per heavy atom. The lowest BCUT2D eigenvalue weighted by Gasteiger charge is -2.20. The van der Waals surface area contributed by atoms with Crippen LogP contribution in [0.1, 0.15) is 20.3 Å². The molecule has 2 nitrogen and oxygen atoms in total. The molecule has 0 spiro atoms. The fourth-order valence-electron chi connectivity index (χ4n) is 1.22. The quantitative estimate of drug-likeness (QED) is 0.454. The molecule has 0 aliphatic rings. The molecule has 16 heavy (non-hydrogen) atoms. The van der Waals surface area contributed by atoms with Crippen LogP contribution in [0, 0.1) is 5.92 Å². The van der Waals surface area contributed by atoms with E-state index in [4.69, 9.17) is 4.74 Å². The molecule has 0 radical (unpaired) electrons. The highest BCUT2D eigenvalue weighted by Gasteiger charge is 2.10. The van der Waals surface area contributed by atoms with Gasteiger partial charge in [0.15, 0.2) is 0 Å². The largest absolute Gasteiger partial charge is 0.380 e. The zero-order valence-corrected chi connectivity index (χ0v) is 11.7. The molecule has 0 unspecified atom stereocenters. The standard InChI is InChI=1S/C11H22BrF2NO/c1-10(2)3-7-16-8-6-15(5-4-12)9-11(13)14/h10-11H,3-9H2,1-2H3. The normalized spacial score (nSPS) is 12.0. The minimum atomic E-state index is -2.27. The van der Waals surface area contributed by atoms with Crippen LogP contribution in [0.5, 0.6) is 0 Å². The van der Waals surface area contributed by atoms with Gasteiger partial charge in [0.25, 0.3) is 6.43 Å². The molecule has 98 valence electrons. The maximum absolute atomic E-state index is 12.2. The van der Waals surface area contributed by atoms with Crippen molar-refractivity contribution in [3.8, 4) is 0 Å². The Bertz CT molecular complexity index is 159. The van der Waals surface area contributed by atoms with Crippen molar-refractivity contribution >= 4 is 15.9 Å². The number of halogens is 3. The Hall–Kier alpha value is 0.260. The van der Waals surface area contributed by atoms with Crippen molar-refractivity contribution in [2.45, 2.75) is 26.7 Å². The average molecular weight is 302 g/mol. The van der Waals surface area contributed by atoms with Gasteiger partial charge in [-0.3, -0.25) is 4.90 Å². The summed E-state index contributed by atoms with van der Waals surface area (Å²) in [4.78, 5) is 1.72. The van der Waals surface area contributed by atoms with Crippen molar-refractivity contribution in [1.29, 1.82) is 0 Å². The van der Waals surface area contributed by atoms with E-state index in [0.717, 1.165) is 6.42 Å². The molecule has 0 fully saturated rings. The van der Waals surface area contributed by atoms with Crippen molar-refractivity contribution in [2.24, 2.45) is 5.92 Å². The van der Waals surface area contributed by atoms with Crippen molar-refractivity contribution < 1.29 is 13.5 Å². The van der Waals surface area contributed by atoms with E-state index < -0.39 is 6.43 Å². The first-order valence-electron chi connectivity index (χ1n) is 5.70. The molecule has 0 aliphatic carbocycles. The summed E-state index contributed by atoms with van der Waals surface area (Å²) < 4.78 is 29.8. The molecule has 5 heteroatoms. The Morgan fingerprint density at radius 2 is 1.88 bits per heavy atom. The highest BCUT2D eigenvalue weighted by Crippen LogP contribution is 2.01. The molecule has 0 saturated carbocycles. The lowest BCUT2D eigenvalue weighted by Crippen LogP contribution is -2.33. The molecule has 0 rings (SSSR count). The highest BCUT2D eigenvalue weighted by molar-refractivity contribution is 9.09. The zero-order valence-electron chi connectivity index (χ0n) is 10.1. The van der Waals surface area contributed by atoms with E-state index in [0.29, 0.717) is 37.6 Å². The van der Waals surface area contributed by atoms with Crippen LogP contribution >= 0.6 is 15.9 Å². The van der Waals surface area contributed by atoms with E-state index in [1.54, 1.807) is 4.90 Å². The van der Waals surface area contributed by atoms with Gasteiger partial charge in [0, 0.05) is 25.0 Å². The number of hydrogen-bond donors (Lipinski definition) is 0. The van der Waals surface area contributed by atoms with Crippen LogP contribution in [0.2, 0.25) is 0 Å². The topological polar surface area (TPSA) is 12.5 Å². The first-order valence-corrected chi connectivity index (χ1v) is 6.82. The lowest BCUT2D eigenvalue weighted by atomic mass is 10.1. The second-order valence-electron chi connectivity index (χ2n) is 4.18. The van der Waals surface area contributed by atoms with Crippen LogP contribution in [0.25, 0.3) is 0 Å². The number of hydrogen-bond acceptors (Lipinski definition) is 2. The van der Waals surface area contributed by atoms with Crippen LogP contribution < -0.4 is 0 Å². The maximum Gasteiger partial charge on any atom is 0.251 e. The van der Waals surface area contributed by atoms with E-state index in [9.17, 15) is 8.78 Å².